The van der Waals surface area contributed by atoms with E-state index in [1.165, 1.54) is 23.0 Å². The van der Waals surface area contributed by atoms with Gasteiger partial charge < -0.3 is 11.1 Å². The van der Waals surface area contributed by atoms with Gasteiger partial charge in [-0.2, -0.15) is 5.10 Å². The van der Waals surface area contributed by atoms with Gasteiger partial charge in [-0.15, -0.1) is 0 Å². The lowest BCUT2D eigenvalue weighted by molar-refractivity contribution is -0.116. The van der Waals surface area contributed by atoms with E-state index in [2.05, 4.69) is 10.4 Å². The van der Waals surface area contributed by atoms with Crippen molar-refractivity contribution in [3.63, 3.8) is 0 Å². The minimum atomic E-state index is -0.390. The van der Waals surface area contributed by atoms with Crippen molar-refractivity contribution < 1.29 is 9.18 Å². The van der Waals surface area contributed by atoms with E-state index in [-0.39, 0.29) is 18.3 Å². The molecule has 18 heavy (non-hydrogen) atoms. The Bertz CT molecular complexity index is 579. The molecule has 2 aromatic rings. The molecule has 1 aromatic carbocycles. The lowest BCUT2D eigenvalue weighted by Crippen LogP contribution is -2.19. The molecule has 6 heteroatoms. The fourth-order valence-electron chi connectivity index (χ4n) is 1.53. The molecule has 94 valence electrons. The van der Waals surface area contributed by atoms with Crippen LogP contribution in [0, 0.1) is 12.7 Å². The van der Waals surface area contributed by atoms with Crippen LogP contribution in [0.2, 0.25) is 0 Å². The third-order valence-corrected chi connectivity index (χ3v) is 2.43. The average Bonchev–Trinajstić information content (AvgIpc) is 2.69. The first-order valence-corrected chi connectivity index (χ1v) is 5.38. The number of carbonyl (C=O) groups excluding carboxylic acids is 1. The number of nitrogens with two attached hydrogens (primary N) is 1. The van der Waals surface area contributed by atoms with Crippen LogP contribution in [0.1, 0.15) is 5.56 Å². The van der Waals surface area contributed by atoms with Crippen LogP contribution in [0.3, 0.4) is 0 Å². The summed E-state index contributed by atoms with van der Waals surface area (Å²) < 4.78 is 14.5. The minimum absolute atomic E-state index is 0.0349. The molecule has 1 aromatic heterocycles. The lowest BCUT2D eigenvalue weighted by Gasteiger charge is -2.08. The third-order valence-electron chi connectivity index (χ3n) is 2.43. The predicted molar refractivity (Wildman–Crippen MR) is 66.4 cm³/mol. The number of nitrogens with one attached hydrogen (secondary N) is 1. The molecule has 1 amide bonds. The fourth-order valence-corrected chi connectivity index (χ4v) is 1.53. The number of benzene rings is 1. The van der Waals surface area contributed by atoms with E-state index < -0.39 is 0 Å². The van der Waals surface area contributed by atoms with Crippen LogP contribution in [-0.4, -0.2) is 15.7 Å². The molecule has 0 bridgehead atoms. The largest absolute Gasteiger partial charge is 0.396 e. The van der Waals surface area contributed by atoms with E-state index >= 15 is 0 Å². The summed E-state index contributed by atoms with van der Waals surface area (Å²) in [6, 6.07) is 4.24. The quantitative estimate of drug-likeness (QED) is 0.865. The zero-order valence-electron chi connectivity index (χ0n) is 9.85. The summed E-state index contributed by atoms with van der Waals surface area (Å²) in [7, 11) is 0. The van der Waals surface area contributed by atoms with Crippen molar-refractivity contribution >= 4 is 17.3 Å². The van der Waals surface area contributed by atoms with Gasteiger partial charge in [-0.1, -0.05) is 6.07 Å². The zero-order valence-corrected chi connectivity index (χ0v) is 9.85. The number of carbonyl (C=O) groups is 1. The van der Waals surface area contributed by atoms with E-state index in [1.807, 2.05) is 0 Å². The van der Waals surface area contributed by atoms with Crippen molar-refractivity contribution in [1.82, 2.24) is 9.78 Å². The molecule has 0 saturated carbocycles. The normalized spacial score (nSPS) is 10.3. The molecule has 0 unspecified atom stereocenters. The van der Waals surface area contributed by atoms with Gasteiger partial charge in [0.1, 0.15) is 12.4 Å². The third kappa shape index (κ3) is 2.85. The number of halogens is 1. The topological polar surface area (TPSA) is 72.9 Å². The van der Waals surface area contributed by atoms with Crippen LogP contribution in [0.4, 0.5) is 15.8 Å². The highest BCUT2D eigenvalue weighted by atomic mass is 19.1. The second-order valence-electron chi connectivity index (χ2n) is 3.98. The van der Waals surface area contributed by atoms with Gasteiger partial charge in [0.05, 0.1) is 11.9 Å². The zero-order chi connectivity index (χ0) is 13.1. The molecular formula is C12H13FN4O. The van der Waals surface area contributed by atoms with Gasteiger partial charge >= 0.3 is 0 Å². The first kappa shape index (κ1) is 12.1. The predicted octanol–water partition coefficient (Wildman–Crippen LogP) is 1.55. The van der Waals surface area contributed by atoms with Gasteiger partial charge in [-0.05, 0) is 24.6 Å². The fraction of sp³-hybridized carbons (Fsp3) is 0.167. The summed E-state index contributed by atoms with van der Waals surface area (Å²) in [5, 5.41) is 6.52. The van der Waals surface area contributed by atoms with E-state index in [9.17, 15) is 9.18 Å². The van der Waals surface area contributed by atoms with Crippen LogP contribution < -0.4 is 11.1 Å². The van der Waals surface area contributed by atoms with Crippen molar-refractivity contribution in [2.24, 2.45) is 0 Å². The molecule has 0 spiro atoms. The summed E-state index contributed by atoms with van der Waals surface area (Å²) in [5.74, 6) is -0.675. The van der Waals surface area contributed by atoms with E-state index in [0.29, 0.717) is 11.4 Å². The van der Waals surface area contributed by atoms with E-state index in [0.717, 1.165) is 5.56 Å². The first-order chi connectivity index (χ1) is 8.54. The Kier molecular flexibility index (Phi) is 3.27. The maximum Gasteiger partial charge on any atom is 0.246 e. The number of hydrogen-bond donors (Lipinski definition) is 2. The summed E-state index contributed by atoms with van der Waals surface area (Å²) in [4.78, 5) is 11.7. The van der Waals surface area contributed by atoms with Crippen LogP contribution >= 0.6 is 0 Å². The Hall–Kier alpha value is -2.37. The van der Waals surface area contributed by atoms with Gasteiger partial charge in [-0.3, -0.25) is 9.48 Å². The number of nitrogens with zero attached hydrogens (tertiary/aromatic N) is 2. The number of aryl methyl sites for hydroxylation is 1. The molecule has 1 heterocycles. The Morgan fingerprint density at radius 3 is 3.00 bits per heavy atom. The molecule has 0 aliphatic rings. The standard InChI is InChI=1S/C12H13FN4O/c1-8-2-3-9(13)4-11(8)16-12(18)7-17-6-10(14)5-15-17/h2-6H,7,14H2,1H3,(H,16,18). The highest BCUT2D eigenvalue weighted by Gasteiger charge is 2.07. The van der Waals surface area contributed by atoms with Gasteiger partial charge in [-0.25, -0.2) is 4.39 Å². The van der Waals surface area contributed by atoms with Gasteiger partial charge in [0.15, 0.2) is 0 Å². The molecule has 0 radical (unpaired) electrons. The number of nitrogen functional groups attached to an aromatic ring is 1. The first-order valence-electron chi connectivity index (χ1n) is 5.38. The number of hydrogen-bond acceptors (Lipinski definition) is 3. The maximum absolute atomic E-state index is 13.0. The van der Waals surface area contributed by atoms with E-state index in [1.54, 1.807) is 19.2 Å². The van der Waals surface area contributed by atoms with Crippen LogP contribution in [0.5, 0.6) is 0 Å². The van der Waals surface area contributed by atoms with E-state index in [4.69, 9.17) is 5.73 Å². The minimum Gasteiger partial charge on any atom is -0.396 e. The Balaban J connectivity index is 2.05. The number of amides is 1. The molecule has 0 aliphatic heterocycles. The van der Waals surface area contributed by atoms with Crippen molar-refractivity contribution in [3.8, 4) is 0 Å². The number of aromatic nitrogens is 2. The smallest absolute Gasteiger partial charge is 0.246 e. The maximum atomic E-state index is 13.0. The SMILES string of the molecule is Cc1ccc(F)cc1NC(=O)Cn1cc(N)cn1. The van der Waals surface area contributed by atoms with Crippen molar-refractivity contribution in [1.29, 1.82) is 0 Å². The van der Waals surface area contributed by atoms with Crippen molar-refractivity contribution in [2.45, 2.75) is 13.5 Å². The summed E-state index contributed by atoms with van der Waals surface area (Å²) in [5.41, 5.74) is 7.23. The highest BCUT2D eigenvalue weighted by molar-refractivity contribution is 5.91. The Morgan fingerprint density at radius 2 is 2.33 bits per heavy atom. The number of anilines is 2. The molecule has 0 saturated heterocycles. The van der Waals surface area contributed by atoms with Gasteiger partial charge in [0.25, 0.3) is 0 Å². The van der Waals surface area contributed by atoms with Crippen LogP contribution in [0.15, 0.2) is 30.6 Å². The van der Waals surface area contributed by atoms with Crippen molar-refractivity contribution in [2.75, 3.05) is 11.1 Å². The second kappa shape index (κ2) is 4.87. The summed E-state index contributed by atoms with van der Waals surface area (Å²) in [6.07, 6.45) is 3.01. The molecule has 0 aliphatic carbocycles. The molecule has 0 fully saturated rings. The number of rotatable bonds is 3. The molecular weight excluding hydrogens is 235 g/mol. The molecule has 3 N–H and O–H groups in total. The lowest BCUT2D eigenvalue weighted by atomic mass is 10.2. The summed E-state index contributed by atoms with van der Waals surface area (Å²) in [6.45, 7) is 1.83. The van der Waals surface area contributed by atoms with Crippen LogP contribution in [-0.2, 0) is 11.3 Å². The monoisotopic (exact) mass is 248 g/mol. The van der Waals surface area contributed by atoms with Crippen LogP contribution in [0.25, 0.3) is 0 Å². The van der Waals surface area contributed by atoms with Crippen molar-refractivity contribution in [3.05, 3.63) is 42.0 Å². The Labute approximate surface area is 103 Å². The second-order valence-corrected chi connectivity index (χ2v) is 3.98. The average molecular weight is 248 g/mol. The molecule has 5 nitrogen and oxygen atoms in total. The van der Waals surface area contributed by atoms with Gasteiger partial charge in [0.2, 0.25) is 5.91 Å². The van der Waals surface area contributed by atoms with Gasteiger partial charge in [0, 0.05) is 11.9 Å². The molecule has 2 rings (SSSR count). The molecule has 0 atom stereocenters. The summed E-state index contributed by atoms with van der Waals surface area (Å²) >= 11 is 0. The highest BCUT2D eigenvalue weighted by Crippen LogP contribution is 2.15. The Morgan fingerprint density at radius 1 is 1.56 bits per heavy atom.